The molecule has 0 atom stereocenters. The number of hydrogen-bond acceptors (Lipinski definition) is 5. The van der Waals surface area contributed by atoms with E-state index in [1.165, 1.54) is 0 Å². The Hall–Kier alpha value is -0.970. The van der Waals surface area contributed by atoms with E-state index in [1.807, 2.05) is 0 Å². The van der Waals surface area contributed by atoms with Crippen molar-refractivity contribution in [3.63, 3.8) is 0 Å². The van der Waals surface area contributed by atoms with E-state index in [9.17, 15) is 4.79 Å². The van der Waals surface area contributed by atoms with Crippen molar-refractivity contribution in [1.82, 2.24) is 4.98 Å². The van der Waals surface area contributed by atoms with Gasteiger partial charge in [0.05, 0.1) is 12.3 Å². The van der Waals surface area contributed by atoms with Crippen LogP contribution in [0.3, 0.4) is 0 Å². The Morgan fingerprint density at radius 1 is 1.60 bits per heavy atom. The SMILES string of the molecule is CCOC(=O)C(C)(C)c1nc(C)c(S)o1. The molecule has 0 aliphatic heterocycles. The summed E-state index contributed by atoms with van der Waals surface area (Å²) in [4.78, 5) is 15.8. The molecule has 0 aliphatic rings. The van der Waals surface area contributed by atoms with E-state index in [4.69, 9.17) is 9.15 Å². The molecule has 1 aromatic rings. The van der Waals surface area contributed by atoms with Crippen molar-refractivity contribution >= 4 is 18.6 Å². The second kappa shape index (κ2) is 4.26. The Morgan fingerprint density at radius 2 is 2.20 bits per heavy atom. The molecule has 0 spiro atoms. The largest absolute Gasteiger partial charge is 0.465 e. The number of rotatable bonds is 3. The first-order chi connectivity index (χ1) is 6.89. The van der Waals surface area contributed by atoms with Crippen molar-refractivity contribution in [2.24, 2.45) is 0 Å². The summed E-state index contributed by atoms with van der Waals surface area (Å²) in [7, 11) is 0. The van der Waals surface area contributed by atoms with Crippen molar-refractivity contribution in [2.45, 2.75) is 38.2 Å². The first-order valence-corrected chi connectivity index (χ1v) is 5.18. The molecule has 84 valence electrons. The van der Waals surface area contributed by atoms with E-state index in [0.717, 1.165) is 0 Å². The highest BCUT2D eigenvalue weighted by Crippen LogP contribution is 2.27. The highest BCUT2D eigenvalue weighted by molar-refractivity contribution is 7.80. The minimum Gasteiger partial charge on any atom is -0.465 e. The lowest BCUT2D eigenvalue weighted by Gasteiger charge is -2.17. The lowest BCUT2D eigenvalue weighted by molar-refractivity contribution is -0.149. The number of aromatic nitrogens is 1. The van der Waals surface area contributed by atoms with Crippen LogP contribution in [0.25, 0.3) is 0 Å². The molecule has 0 amide bonds. The maximum atomic E-state index is 11.6. The summed E-state index contributed by atoms with van der Waals surface area (Å²) in [6.45, 7) is 7.30. The molecule has 0 aromatic carbocycles. The first kappa shape index (κ1) is 12.1. The monoisotopic (exact) mass is 229 g/mol. The summed E-state index contributed by atoms with van der Waals surface area (Å²) in [5, 5.41) is 0.433. The van der Waals surface area contributed by atoms with Gasteiger partial charge in [-0.1, -0.05) is 0 Å². The van der Waals surface area contributed by atoms with Crippen LogP contribution in [0.15, 0.2) is 9.51 Å². The molecule has 1 rings (SSSR count). The zero-order chi connectivity index (χ0) is 11.6. The fourth-order valence-electron chi connectivity index (χ4n) is 1.05. The molecule has 0 fully saturated rings. The molecule has 4 nitrogen and oxygen atoms in total. The molecule has 0 radical (unpaired) electrons. The predicted molar refractivity (Wildman–Crippen MR) is 58.2 cm³/mol. The Morgan fingerprint density at radius 3 is 2.60 bits per heavy atom. The van der Waals surface area contributed by atoms with Crippen LogP contribution in [-0.4, -0.2) is 17.6 Å². The van der Waals surface area contributed by atoms with Crippen LogP contribution >= 0.6 is 12.6 Å². The smallest absolute Gasteiger partial charge is 0.320 e. The Kier molecular flexibility index (Phi) is 3.44. The van der Waals surface area contributed by atoms with Crippen molar-refractivity contribution < 1.29 is 13.9 Å². The summed E-state index contributed by atoms with van der Waals surface area (Å²) in [6.07, 6.45) is 0. The van der Waals surface area contributed by atoms with Gasteiger partial charge in [-0.2, -0.15) is 0 Å². The number of carbonyl (C=O) groups excluding carboxylic acids is 1. The average Bonchev–Trinajstić information content (AvgIpc) is 2.48. The number of thiol groups is 1. The highest BCUT2D eigenvalue weighted by Gasteiger charge is 2.36. The maximum Gasteiger partial charge on any atom is 0.320 e. The molecule has 0 unspecified atom stereocenters. The molecule has 15 heavy (non-hydrogen) atoms. The van der Waals surface area contributed by atoms with Gasteiger partial charge >= 0.3 is 5.97 Å². The molecule has 0 aliphatic carbocycles. The number of ether oxygens (including phenoxy) is 1. The number of esters is 1. The van der Waals surface area contributed by atoms with E-state index >= 15 is 0 Å². The van der Waals surface area contributed by atoms with Gasteiger partial charge in [-0.15, -0.1) is 12.6 Å². The van der Waals surface area contributed by atoms with Crippen LogP contribution in [-0.2, 0) is 14.9 Å². The molecule has 1 heterocycles. The van der Waals surface area contributed by atoms with Crippen molar-refractivity contribution in [3.05, 3.63) is 11.6 Å². The number of nitrogens with zero attached hydrogens (tertiary/aromatic N) is 1. The summed E-state index contributed by atoms with van der Waals surface area (Å²) in [6, 6.07) is 0. The molecule has 0 bridgehead atoms. The van der Waals surface area contributed by atoms with Crippen LogP contribution in [0.1, 0.15) is 32.4 Å². The lowest BCUT2D eigenvalue weighted by Crippen LogP contribution is -2.31. The third-order valence-electron chi connectivity index (χ3n) is 2.09. The third-order valence-corrected chi connectivity index (χ3v) is 2.51. The van der Waals surface area contributed by atoms with Gasteiger partial charge in [0.15, 0.2) is 5.09 Å². The first-order valence-electron chi connectivity index (χ1n) is 4.73. The third kappa shape index (κ3) is 2.34. The van der Waals surface area contributed by atoms with Gasteiger partial charge < -0.3 is 9.15 Å². The van der Waals surface area contributed by atoms with E-state index in [-0.39, 0.29) is 5.97 Å². The van der Waals surface area contributed by atoms with E-state index in [2.05, 4.69) is 17.6 Å². The lowest BCUT2D eigenvalue weighted by atomic mass is 9.94. The molecular formula is C10H15NO3S. The van der Waals surface area contributed by atoms with Crippen LogP contribution in [0.2, 0.25) is 0 Å². The zero-order valence-electron chi connectivity index (χ0n) is 9.33. The minimum absolute atomic E-state index is 0.337. The molecule has 0 saturated heterocycles. The highest BCUT2D eigenvalue weighted by atomic mass is 32.1. The number of hydrogen-bond donors (Lipinski definition) is 1. The summed E-state index contributed by atoms with van der Waals surface area (Å²) >= 11 is 4.09. The quantitative estimate of drug-likeness (QED) is 0.637. The van der Waals surface area contributed by atoms with Gasteiger partial charge in [0.25, 0.3) is 0 Å². The topological polar surface area (TPSA) is 52.3 Å². The average molecular weight is 229 g/mol. The van der Waals surface area contributed by atoms with E-state index < -0.39 is 5.41 Å². The zero-order valence-corrected chi connectivity index (χ0v) is 10.2. The van der Waals surface area contributed by atoms with Gasteiger partial charge in [-0.3, -0.25) is 4.79 Å². The number of aryl methyl sites for hydroxylation is 1. The summed E-state index contributed by atoms with van der Waals surface area (Å²) < 4.78 is 10.2. The Labute approximate surface area is 94.4 Å². The molecule has 5 heteroatoms. The normalized spacial score (nSPS) is 11.5. The number of oxazole rings is 1. The summed E-state index contributed by atoms with van der Waals surface area (Å²) in [5.74, 6) is -0.0111. The van der Waals surface area contributed by atoms with Crippen molar-refractivity contribution in [2.75, 3.05) is 6.61 Å². The maximum absolute atomic E-state index is 11.6. The van der Waals surface area contributed by atoms with E-state index in [1.54, 1.807) is 27.7 Å². The fourth-order valence-corrected chi connectivity index (χ4v) is 1.19. The van der Waals surface area contributed by atoms with Crippen molar-refractivity contribution in [1.29, 1.82) is 0 Å². The second-order valence-electron chi connectivity index (χ2n) is 3.76. The molecular weight excluding hydrogens is 214 g/mol. The Balaban J connectivity index is 2.99. The molecule has 1 aromatic heterocycles. The predicted octanol–water partition coefficient (Wildman–Crippen LogP) is 2.11. The molecule has 0 saturated carbocycles. The standard InChI is InChI=1S/C10H15NO3S/c1-5-13-9(12)10(3,4)8-11-6(2)7(15)14-8/h15H,5H2,1-4H3. The van der Waals surface area contributed by atoms with Gasteiger partial charge in [-0.25, -0.2) is 4.98 Å². The second-order valence-corrected chi connectivity index (χ2v) is 4.16. The number of carbonyl (C=O) groups is 1. The fraction of sp³-hybridized carbons (Fsp3) is 0.600. The minimum atomic E-state index is -0.873. The van der Waals surface area contributed by atoms with Crippen molar-refractivity contribution in [3.8, 4) is 0 Å². The van der Waals surface area contributed by atoms with Crippen LogP contribution in [0.4, 0.5) is 0 Å². The van der Waals surface area contributed by atoms with Crippen LogP contribution < -0.4 is 0 Å². The van der Waals surface area contributed by atoms with Gasteiger partial charge in [0, 0.05) is 0 Å². The van der Waals surface area contributed by atoms with Gasteiger partial charge in [-0.05, 0) is 27.7 Å². The summed E-state index contributed by atoms with van der Waals surface area (Å²) in [5.41, 5.74) is -0.201. The van der Waals surface area contributed by atoms with Crippen LogP contribution in [0, 0.1) is 6.92 Å². The van der Waals surface area contributed by atoms with Gasteiger partial charge in [0.2, 0.25) is 5.89 Å². The van der Waals surface area contributed by atoms with Gasteiger partial charge in [0.1, 0.15) is 5.41 Å². The molecule has 0 N–H and O–H groups in total. The van der Waals surface area contributed by atoms with Crippen LogP contribution in [0.5, 0.6) is 0 Å². The Bertz CT molecular complexity index is 351. The van der Waals surface area contributed by atoms with E-state index in [0.29, 0.717) is 23.3 Å².